The minimum absolute atomic E-state index is 0.219. The molecule has 0 saturated carbocycles. The summed E-state index contributed by atoms with van der Waals surface area (Å²) in [6.45, 7) is 11.9. The van der Waals surface area contributed by atoms with E-state index < -0.39 is 0 Å². The average Bonchev–Trinajstić information content (AvgIpc) is 2.12. The number of pyridine rings is 1. The summed E-state index contributed by atoms with van der Waals surface area (Å²) < 4.78 is 0.219. The van der Waals surface area contributed by atoms with E-state index in [2.05, 4.69) is 57.1 Å². The molecule has 16 heavy (non-hydrogen) atoms. The molecule has 0 radical (unpaired) electrons. The first-order valence-electron chi connectivity index (χ1n) is 5.74. The molecule has 0 atom stereocenters. The molecule has 0 fully saturated rings. The van der Waals surface area contributed by atoms with Gasteiger partial charge in [-0.15, -0.1) is 11.8 Å². The zero-order chi connectivity index (χ0) is 12.2. The van der Waals surface area contributed by atoms with Gasteiger partial charge in [0, 0.05) is 23.5 Å². The summed E-state index contributed by atoms with van der Waals surface area (Å²) in [5.41, 5.74) is 1.30. The smallest absolute Gasteiger partial charge is 0.0968 e. The first-order chi connectivity index (χ1) is 7.37. The molecular formula is C13H22N2S. The van der Waals surface area contributed by atoms with Crippen molar-refractivity contribution in [2.24, 2.45) is 0 Å². The number of hydrogen-bond donors (Lipinski definition) is 1. The minimum Gasteiger partial charge on any atom is -0.310 e. The fourth-order valence-electron chi connectivity index (χ4n) is 1.25. The summed E-state index contributed by atoms with van der Waals surface area (Å²) in [6, 6.07) is 4.76. The van der Waals surface area contributed by atoms with E-state index in [-0.39, 0.29) is 4.75 Å². The maximum Gasteiger partial charge on any atom is 0.0968 e. The lowest BCUT2D eigenvalue weighted by molar-refractivity contribution is 0.587. The lowest BCUT2D eigenvalue weighted by atomic mass is 10.2. The molecule has 90 valence electrons. The van der Waals surface area contributed by atoms with Crippen LogP contribution in [0.15, 0.2) is 23.4 Å². The van der Waals surface area contributed by atoms with E-state index in [0.29, 0.717) is 6.04 Å². The molecule has 0 amide bonds. The van der Waals surface area contributed by atoms with Crippen LogP contribution in [-0.4, -0.2) is 15.8 Å². The van der Waals surface area contributed by atoms with Crippen LogP contribution >= 0.6 is 11.8 Å². The van der Waals surface area contributed by atoms with Crippen LogP contribution in [0.2, 0.25) is 0 Å². The highest BCUT2D eigenvalue weighted by Gasteiger charge is 2.13. The highest BCUT2D eigenvalue weighted by molar-refractivity contribution is 8.00. The first-order valence-corrected chi connectivity index (χ1v) is 6.56. The molecular weight excluding hydrogens is 216 g/mol. The highest BCUT2D eigenvalue weighted by Crippen LogP contribution is 2.30. The first kappa shape index (κ1) is 13.5. The fraction of sp³-hybridized carbons (Fsp3) is 0.615. The van der Waals surface area contributed by atoms with Gasteiger partial charge < -0.3 is 5.32 Å². The Morgan fingerprint density at radius 3 is 2.62 bits per heavy atom. The van der Waals surface area contributed by atoms with Gasteiger partial charge in [0.05, 0.1) is 5.03 Å². The van der Waals surface area contributed by atoms with Gasteiger partial charge in [0.15, 0.2) is 0 Å². The predicted octanol–water partition coefficient (Wildman–Crippen LogP) is 3.47. The van der Waals surface area contributed by atoms with Crippen LogP contribution in [0.5, 0.6) is 0 Å². The SMILES string of the molecule is CC(C)NCc1ccnc(SC(C)(C)C)c1. The number of rotatable bonds is 4. The second-order valence-corrected chi connectivity index (χ2v) is 7.10. The topological polar surface area (TPSA) is 24.9 Å². The third-order valence-electron chi connectivity index (χ3n) is 1.92. The van der Waals surface area contributed by atoms with Crippen molar-refractivity contribution >= 4 is 11.8 Å². The standard InChI is InChI=1S/C13H22N2S/c1-10(2)15-9-11-6-7-14-12(8-11)16-13(3,4)5/h6-8,10,15H,9H2,1-5H3. The average molecular weight is 238 g/mol. The van der Waals surface area contributed by atoms with E-state index in [1.165, 1.54) is 5.56 Å². The van der Waals surface area contributed by atoms with Gasteiger partial charge in [-0.05, 0) is 17.7 Å². The summed E-state index contributed by atoms with van der Waals surface area (Å²) >= 11 is 1.81. The van der Waals surface area contributed by atoms with Crippen molar-refractivity contribution in [2.75, 3.05) is 0 Å². The molecule has 0 aliphatic rings. The Morgan fingerprint density at radius 2 is 2.06 bits per heavy atom. The zero-order valence-electron chi connectivity index (χ0n) is 10.9. The third kappa shape index (κ3) is 5.52. The summed E-state index contributed by atoms with van der Waals surface area (Å²) in [6.07, 6.45) is 1.89. The van der Waals surface area contributed by atoms with E-state index >= 15 is 0 Å². The molecule has 0 spiro atoms. The Kier molecular flexibility index (Phi) is 4.81. The van der Waals surface area contributed by atoms with Gasteiger partial charge in [-0.3, -0.25) is 0 Å². The molecule has 1 aromatic heterocycles. The lowest BCUT2D eigenvalue weighted by Gasteiger charge is -2.17. The van der Waals surface area contributed by atoms with Crippen molar-refractivity contribution in [3.63, 3.8) is 0 Å². The van der Waals surface area contributed by atoms with Gasteiger partial charge in [0.1, 0.15) is 0 Å². The third-order valence-corrected chi connectivity index (χ3v) is 2.97. The molecule has 2 nitrogen and oxygen atoms in total. The zero-order valence-corrected chi connectivity index (χ0v) is 11.7. The van der Waals surface area contributed by atoms with Gasteiger partial charge in [-0.1, -0.05) is 34.6 Å². The van der Waals surface area contributed by atoms with Crippen LogP contribution in [0.1, 0.15) is 40.2 Å². The Hall–Kier alpha value is -0.540. The molecule has 0 aromatic carbocycles. The molecule has 0 aliphatic heterocycles. The van der Waals surface area contributed by atoms with Crippen molar-refractivity contribution in [2.45, 2.75) is 57.0 Å². The lowest BCUT2D eigenvalue weighted by Crippen LogP contribution is -2.21. The maximum absolute atomic E-state index is 4.39. The van der Waals surface area contributed by atoms with Crippen molar-refractivity contribution in [3.05, 3.63) is 23.9 Å². The Labute approximate surface area is 103 Å². The highest BCUT2D eigenvalue weighted by atomic mass is 32.2. The normalized spacial score (nSPS) is 12.1. The van der Waals surface area contributed by atoms with E-state index in [9.17, 15) is 0 Å². The molecule has 0 bridgehead atoms. The second kappa shape index (κ2) is 5.69. The van der Waals surface area contributed by atoms with Crippen LogP contribution in [0, 0.1) is 0 Å². The second-order valence-electron chi connectivity index (χ2n) is 5.25. The summed E-state index contributed by atoms with van der Waals surface area (Å²) in [7, 11) is 0. The van der Waals surface area contributed by atoms with Gasteiger partial charge >= 0.3 is 0 Å². The molecule has 3 heteroatoms. The molecule has 1 N–H and O–H groups in total. The molecule has 1 aromatic rings. The van der Waals surface area contributed by atoms with E-state index in [4.69, 9.17) is 0 Å². The molecule has 0 unspecified atom stereocenters. The van der Waals surface area contributed by atoms with Crippen molar-refractivity contribution < 1.29 is 0 Å². The van der Waals surface area contributed by atoms with Crippen LogP contribution in [0.3, 0.4) is 0 Å². The van der Waals surface area contributed by atoms with E-state index in [1.54, 1.807) is 0 Å². The molecule has 0 saturated heterocycles. The van der Waals surface area contributed by atoms with E-state index in [0.717, 1.165) is 11.6 Å². The van der Waals surface area contributed by atoms with Crippen LogP contribution in [0.25, 0.3) is 0 Å². The van der Waals surface area contributed by atoms with Gasteiger partial charge in [0.25, 0.3) is 0 Å². The van der Waals surface area contributed by atoms with Crippen LogP contribution in [0.4, 0.5) is 0 Å². The number of hydrogen-bond acceptors (Lipinski definition) is 3. The van der Waals surface area contributed by atoms with Gasteiger partial charge in [0.2, 0.25) is 0 Å². The largest absolute Gasteiger partial charge is 0.310 e. The van der Waals surface area contributed by atoms with Crippen molar-refractivity contribution in [3.8, 4) is 0 Å². The van der Waals surface area contributed by atoms with Crippen molar-refractivity contribution in [1.29, 1.82) is 0 Å². The quantitative estimate of drug-likeness (QED) is 0.813. The van der Waals surface area contributed by atoms with Gasteiger partial charge in [-0.2, -0.15) is 0 Å². The number of nitrogens with one attached hydrogen (secondary N) is 1. The number of thioether (sulfide) groups is 1. The van der Waals surface area contributed by atoms with Crippen molar-refractivity contribution in [1.82, 2.24) is 10.3 Å². The Morgan fingerprint density at radius 1 is 1.38 bits per heavy atom. The maximum atomic E-state index is 4.39. The summed E-state index contributed by atoms with van der Waals surface area (Å²) in [5, 5.41) is 4.52. The van der Waals surface area contributed by atoms with Gasteiger partial charge in [-0.25, -0.2) is 4.98 Å². The molecule has 1 heterocycles. The monoisotopic (exact) mass is 238 g/mol. The predicted molar refractivity (Wildman–Crippen MR) is 71.8 cm³/mol. The molecule has 1 rings (SSSR count). The minimum atomic E-state index is 0.219. The van der Waals surface area contributed by atoms with Crippen LogP contribution < -0.4 is 5.32 Å². The summed E-state index contributed by atoms with van der Waals surface area (Å²) in [4.78, 5) is 4.39. The summed E-state index contributed by atoms with van der Waals surface area (Å²) in [5.74, 6) is 0. The van der Waals surface area contributed by atoms with Crippen LogP contribution in [-0.2, 0) is 6.54 Å². The van der Waals surface area contributed by atoms with E-state index in [1.807, 2.05) is 18.0 Å². The Bertz CT molecular complexity index is 329. The molecule has 0 aliphatic carbocycles. The number of aromatic nitrogens is 1. The number of nitrogens with zero attached hydrogens (tertiary/aromatic N) is 1. The Balaban J connectivity index is 2.64. The fourth-order valence-corrected chi connectivity index (χ4v) is 2.20.